The molecule has 0 aliphatic carbocycles. The molecule has 1 rings (SSSR count). The third kappa shape index (κ3) is 44.5. The Morgan fingerprint density at radius 2 is 0.766 bits per heavy atom. The highest BCUT2D eigenvalue weighted by molar-refractivity contribution is 5.80. The van der Waals surface area contributed by atoms with Gasteiger partial charge in [-0.05, 0) is 70.6 Å². The number of hydrogen-bond acceptors (Lipinski definition) is 9. The fourth-order valence-corrected chi connectivity index (χ4v) is 10.4. The average molecular weight is 1090 g/mol. The molecule has 0 spiro atoms. The van der Waals surface area contributed by atoms with Gasteiger partial charge in [-0.2, -0.15) is 0 Å². The first-order valence-corrected chi connectivity index (χ1v) is 33.0. The summed E-state index contributed by atoms with van der Waals surface area (Å²) >= 11 is 0. The second-order valence-electron chi connectivity index (χ2n) is 23.0. The Labute approximate surface area is 474 Å². The third-order valence-corrected chi connectivity index (χ3v) is 15.7. The van der Waals surface area contributed by atoms with Crippen molar-refractivity contribution in [3.8, 4) is 0 Å². The number of allylic oxidation sites excluding steroid dienone is 7. The normalized spacial score (nSPS) is 19.4. The van der Waals surface area contributed by atoms with E-state index in [0.29, 0.717) is 19.3 Å². The van der Waals surface area contributed by atoms with E-state index in [2.05, 4.69) is 55.6 Å². The van der Waals surface area contributed by atoms with Crippen molar-refractivity contribution in [1.29, 1.82) is 0 Å². The molecule has 452 valence electrons. The lowest BCUT2D eigenvalue weighted by atomic mass is 9.99. The highest BCUT2D eigenvalue weighted by atomic mass is 16.7. The number of ether oxygens (including phenoxy) is 2. The van der Waals surface area contributed by atoms with Crippen LogP contribution in [0.15, 0.2) is 48.6 Å². The second-order valence-corrected chi connectivity index (χ2v) is 23.0. The molecule has 1 aliphatic heterocycles. The SMILES string of the molecule is CCCCCCCC/C=C/CC/C=C/CC/C=C/C(O)C(COC1OC(CO)C(O)C(O)C1O)NC(=O)C(O)CCCCCCCCCCCCCCCCCC/C=C\CCCCCCCCCCCCCCCCCC. The fourth-order valence-electron chi connectivity index (χ4n) is 10.4. The molecule has 0 radical (unpaired) electrons. The van der Waals surface area contributed by atoms with Gasteiger partial charge in [0.1, 0.15) is 30.5 Å². The first-order valence-electron chi connectivity index (χ1n) is 33.0. The quantitative estimate of drug-likeness (QED) is 0.0232. The Balaban J connectivity index is 2.13. The summed E-state index contributed by atoms with van der Waals surface area (Å²) in [5.74, 6) is -0.627. The van der Waals surface area contributed by atoms with Crippen LogP contribution >= 0.6 is 0 Å². The number of aliphatic hydroxyl groups is 6. The van der Waals surface area contributed by atoms with Crippen LogP contribution in [0, 0.1) is 0 Å². The number of rotatable bonds is 57. The maximum absolute atomic E-state index is 13.2. The van der Waals surface area contributed by atoms with Gasteiger partial charge in [0.25, 0.3) is 0 Å². The maximum atomic E-state index is 13.2. The standard InChI is InChI=1S/C67H125NO9/c1-3-5-7-9-11-13-15-17-19-21-22-23-24-25-26-27-28-29-30-31-32-33-34-35-36-37-38-39-40-42-44-46-48-50-52-54-56-61(71)66(75)68-59(58-76-67-65(74)64(73)63(72)62(57-69)77-67)60(70)55-53-51-49-47-45-43-41-20-18-16-14-12-10-8-6-4-2/h18,20,29-30,45,47,53,55,59-65,67,69-74H,3-17,19,21-28,31-44,46,48-52,54,56-58H2,1-2H3,(H,68,75)/b20-18+,30-29-,47-45+,55-53+. The predicted octanol–water partition coefficient (Wildman–Crippen LogP) is 16.2. The molecular weight excluding hydrogens is 963 g/mol. The van der Waals surface area contributed by atoms with Gasteiger partial charge < -0.3 is 45.4 Å². The molecule has 1 aliphatic rings. The van der Waals surface area contributed by atoms with Crippen molar-refractivity contribution in [2.24, 2.45) is 0 Å². The summed E-state index contributed by atoms with van der Waals surface area (Å²) in [4.78, 5) is 13.2. The van der Waals surface area contributed by atoms with Crippen molar-refractivity contribution in [1.82, 2.24) is 5.32 Å². The molecule has 1 heterocycles. The summed E-state index contributed by atoms with van der Waals surface area (Å²) in [5, 5.41) is 65.1. The summed E-state index contributed by atoms with van der Waals surface area (Å²) in [6, 6.07) is -1.00. The fraction of sp³-hybridized carbons (Fsp3) is 0.866. The lowest BCUT2D eigenvalue weighted by Gasteiger charge is -2.40. The second kappa shape index (κ2) is 56.0. The number of unbranched alkanes of at least 4 members (excludes halogenated alkanes) is 40. The Morgan fingerprint density at radius 1 is 0.442 bits per heavy atom. The van der Waals surface area contributed by atoms with E-state index in [1.54, 1.807) is 6.08 Å². The number of aliphatic hydroxyl groups excluding tert-OH is 6. The van der Waals surface area contributed by atoms with Gasteiger partial charge in [-0.1, -0.05) is 287 Å². The highest BCUT2D eigenvalue weighted by Gasteiger charge is 2.44. The van der Waals surface area contributed by atoms with E-state index in [-0.39, 0.29) is 6.61 Å². The van der Waals surface area contributed by atoms with Crippen LogP contribution in [0.1, 0.15) is 309 Å². The summed E-state index contributed by atoms with van der Waals surface area (Å²) in [6.45, 7) is 3.61. The van der Waals surface area contributed by atoms with E-state index in [1.807, 2.05) is 6.08 Å². The average Bonchev–Trinajstić information content (AvgIpc) is 3.44. The molecule has 1 saturated heterocycles. The lowest BCUT2D eigenvalue weighted by Crippen LogP contribution is -2.60. The van der Waals surface area contributed by atoms with Crippen molar-refractivity contribution in [3.63, 3.8) is 0 Å². The van der Waals surface area contributed by atoms with Gasteiger partial charge in [-0.3, -0.25) is 4.79 Å². The first-order chi connectivity index (χ1) is 37.8. The molecule has 0 aromatic rings. The molecule has 0 saturated carbocycles. The van der Waals surface area contributed by atoms with Crippen LogP contribution in [0.5, 0.6) is 0 Å². The van der Waals surface area contributed by atoms with Crippen molar-refractivity contribution in [2.45, 2.75) is 358 Å². The largest absolute Gasteiger partial charge is 0.394 e. The molecule has 0 aromatic heterocycles. The molecule has 1 amide bonds. The summed E-state index contributed by atoms with van der Waals surface area (Å²) in [5.41, 5.74) is 0. The van der Waals surface area contributed by atoms with Gasteiger partial charge in [0, 0.05) is 0 Å². The van der Waals surface area contributed by atoms with Crippen LogP contribution in [0.4, 0.5) is 0 Å². The Morgan fingerprint density at radius 3 is 1.13 bits per heavy atom. The highest BCUT2D eigenvalue weighted by Crippen LogP contribution is 2.23. The van der Waals surface area contributed by atoms with Crippen molar-refractivity contribution in [3.05, 3.63) is 48.6 Å². The van der Waals surface area contributed by atoms with Crippen LogP contribution in [0.25, 0.3) is 0 Å². The minimum Gasteiger partial charge on any atom is -0.394 e. The summed E-state index contributed by atoms with van der Waals surface area (Å²) in [6.07, 6.45) is 65.4. The van der Waals surface area contributed by atoms with Crippen molar-refractivity contribution >= 4 is 5.91 Å². The number of hydrogen-bond donors (Lipinski definition) is 7. The molecule has 0 aromatic carbocycles. The summed E-state index contributed by atoms with van der Waals surface area (Å²) in [7, 11) is 0. The Bertz CT molecular complexity index is 1370. The van der Waals surface area contributed by atoms with Crippen LogP contribution in [-0.4, -0.2) is 98.7 Å². The molecule has 1 fully saturated rings. The summed E-state index contributed by atoms with van der Waals surface area (Å²) < 4.78 is 11.2. The molecule has 8 atom stereocenters. The van der Waals surface area contributed by atoms with Crippen LogP contribution < -0.4 is 5.32 Å². The number of carbonyl (C=O) groups is 1. The van der Waals surface area contributed by atoms with Gasteiger partial charge in [-0.15, -0.1) is 0 Å². The topological polar surface area (TPSA) is 169 Å². The van der Waals surface area contributed by atoms with Crippen LogP contribution in [0.2, 0.25) is 0 Å². The predicted molar refractivity (Wildman–Crippen MR) is 324 cm³/mol. The van der Waals surface area contributed by atoms with Crippen LogP contribution in [0.3, 0.4) is 0 Å². The van der Waals surface area contributed by atoms with Gasteiger partial charge >= 0.3 is 0 Å². The third-order valence-electron chi connectivity index (χ3n) is 15.7. The zero-order valence-electron chi connectivity index (χ0n) is 50.1. The molecule has 8 unspecified atom stereocenters. The first kappa shape index (κ1) is 73.1. The van der Waals surface area contributed by atoms with Gasteiger partial charge in [-0.25, -0.2) is 0 Å². The molecule has 10 nitrogen and oxygen atoms in total. The van der Waals surface area contributed by atoms with Gasteiger partial charge in [0.05, 0.1) is 25.4 Å². The smallest absolute Gasteiger partial charge is 0.249 e. The minimum absolute atomic E-state index is 0.302. The van der Waals surface area contributed by atoms with Gasteiger partial charge in [0.15, 0.2) is 6.29 Å². The number of nitrogens with one attached hydrogen (secondary N) is 1. The van der Waals surface area contributed by atoms with E-state index in [9.17, 15) is 35.4 Å². The zero-order chi connectivity index (χ0) is 55.9. The Hall–Kier alpha value is -1.89. The molecule has 77 heavy (non-hydrogen) atoms. The molecule has 7 N–H and O–H groups in total. The molecule has 10 heteroatoms. The van der Waals surface area contributed by atoms with E-state index in [1.165, 1.54) is 231 Å². The zero-order valence-corrected chi connectivity index (χ0v) is 50.1. The number of carbonyl (C=O) groups excluding carboxylic acids is 1. The molecule has 0 bridgehead atoms. The van der Waals surface area contributed by atoms with E-state index >= 15 is 0 Å². The minimum atomic E-state index is -1.62. The van der Waals surface area contributed by atoms with Crippen LogP contribution in [-0.2, 0) is 14.3 Å². The Kier molecular flexibility index (Phi) is 53.2. The van der Waals surface area contributed by atoms with Crippen molar-refractivity contribution in [2.75, 3.05) is 13.2 Å². The number of amides is 1. The molecular formula is C67H125NO9. The van der Waals surface area contributed by atoms with E-state index in [0.717, 1.165) is 44.9 Å². The lowest BCUT2D eigenvalue weighted by molar-refractivity contribution is -0.302. The van der Waals surface area contributed by atoms with Gasteiger partial charge in [0.2, 0.25) is 5.91 Å². The van der Waals surface area contributed by atoms with E-state index in [4.69, 9.17) is 9.47 Å². The monoisotopic (exact) mass is 1090 g/mol. The van der Waals surface area contributed by atoms with E-state index < -0.39 is 61.5 Å². The van der Waals surface area contributed by atoms with Crippen molar-refractivity contribution < 1.29 is 44.9 Å². The maximum Gasteiger partial charge on any atom is 0.249 e.